The summed E-state index contributed by atoms with van der Waals surface area (Å²) in [6, 6.07) is 6.87. The Hall–Kier alpha value is -2.12. The summed E-state index contributed by atoms with van der Waals surface area (Å²) in [5.41, 5.74) is 1.61. The topological polar surface area (TPSA) is 74.3 Å². The van der Waals surface area contributed by atoms with E-state index in [2.05, 4.69) is 15.6 Å². The monoisotopic (exact) mass is 350 g/mol. The van der Waals surface area contributed by atoms with Crippen LogP contribution in [0.1, 0.15) is 17.5 Å². The van der Waals surface area contributed by atoms with E-state index in [1.54, 1.807) is 29.2 Å². The van der Waals surface area contributed by atoms with Crippen LogP contribution < -0.4 is 10.6 Å². The lowest BCUT2D eigenvalue weighted by atomic mass is 10.2. The lowest BCUT2D eigenvalue weighted by molar-refractivity contribution is -0.114. The Morgan fingerprint density at radius 2 is 2.17 bits per heavy atom. The third-order valence-corrected chi connectivity index (χ3v) is 4.61. The van der Waals surface area contributed by atoms with Crippen LogP contribution in [0.25, 0.3) is 0 Å². The van der Waals surface area contributed by atoms with E-state index >= 15 is 0 Å². The van der Waals surface area contributed by atoms with Crippen molar-refractivity contribution in [3.63, 3.8) is 0 Å². The van der Waals surface area contributed by atoms with Crippen molar-refractivity contribution in [2.75, 3.05) is 17.2 Å². The second-order valence-electron chi connectivity index (χ2n) is 5.18. The molecule has 2 N–H and O–H groups in total. The zero-order chi connectivity index (χ0) is 16.4. The lowest BCUT2D eigenvalue weighted by Gasteiger charge is -2.26. The van der Waals surface area contributed by atoms with Gasteiger partial charge in [-0.2, -0.15) is 0 Å². The highest BCUT2D eigenvalue weighted by atomic mass is 35.5. The van der Waals surface area contributed by atoms with Crippen molar-refractivity contribution in [2.45, 2.75) is 19.9 Å². The highest BCUT2D eigenvalue weighted by Gasteiger charge is 2.24. The Labute approximate surface area is 142 Å². The van der Waals surface area contributed by atoms with Gasteiger partial charge in [0, 0.05) is 35.5 Å². The van der Waals surface area contributed by atoms with Gasteiger partial charge in [-0.05, 0) is 18.2 Å². The van der Waals surface area contributed by atoms with Gasteiger partial charge >= 0.3 is 6.03 Å². The number of nitrogens with zero attached hydrogens (tertiary/aromatic N) is 2. The lowest BCUT2D eigenvalue weighted by Crippen LogP contribution is -2.38. The predicted octanol–water partition coefficient (Wildman–Crippen LogP) is 3.35. The van der Waals surface area contributed by atoms with Gasteiger partial charge in [0.25, 0.3) is 0 Å². The van der Waals surface area contributed by atoms with Crippen LogP contribution in [0.2, 0.25) is 5.02 Å². The summed E-state index contributed by atoms with van der Waals surface area (Å²) >= 11 is 7.33. The number of carbonyl (C=O) groups is 2. The Morgan fingerprint density at radius 1 is 1.35 bits per heavy atom. The largest absolute Gasteiger partial charge is 0.322 e. The number of rotatable bonds is 2. The zero-order valence-electron chi connectivity index (χ0n) is 12.4. The fourth-order valence-electron chi connectivity index (χ4n) is 2.34. The summed E-state index contributed by atoms with van der Waals surface area (Å²) in [6.45, 7) is 2.52. The maximum atomic E-state index is 12.4. The molecule has 0 aliphatic carbocycles. The number of urea groups is 1. The van der Waals surface area contributed by atoms with Crippen LogP contribution in [-0.2, 0) is 17.8 Å². The Bertz CT molecular complexity index is 762. The molecule has 0 radical (unpaired) electrons. The zero-order valence-corrected chi connectivity index (χ0v) is 14.0. The highest BCUT2D eigenvalue weighted by Crippen LogP contribution is 2.28. The number of carbonyl (C=O) groups excluding carboxylic acids is 2. The van der Waals surface area contributed by atoms with Crippen molar-refractivity contribution >= 4 is 45.7 Å². The first-order valence-corrected chi connectivity index (χ1v) is 8.28. The quantitative estimate of drug-likeness (QED) is 0.872. The van der Waals surface area contributed by atoms with E-state index in [1.165, 1.54) is 18.3 Å². The molecule has 0 saturated carbocycles. The van der Waals surface area contributed by atoms with Crippen LogP contribution in [0, 0.1) is 0 Å². The maximum Gasteiger partial charge on any atom is 0.322 e. The molecular formula is C15H15ClN4O2S. The molecule has 0 atom stereocenters. The van der Waals surface area contributed by atoms with Crippen LogP contribution in [0.3, 0.4) is 0 Å². The van der Waals surface area contributed by atoms with E-state index in [4.69, 9.17) is 11.6 Å². The van der Waals surface area contributed by atoms with Crippen molar-refractivity contribution in [3.8, 4) is 0 Å². The van der Waals surface area contributed by atoms with Crippen LogP contribution in [-0.4, -0.2) is 28.4 Å². The first kappa shape index (κ1) is 15.8. The van der Waals surface area contributed by atoms with Crippen molar-refractivity contribution in [1.82, 2.24) is 9.88 Å². The van der Waals surface area contributed by atoms with Gasteiger partial charge in [-0.25, -0.2) is 9.78 Å². The van der Waals surface area contributed by atoms with Gasteiger partial charge in [0.15, 0.2) is 5.13 Å². The van der Waals surface area contributed by atoms with E-state index in [0.29, 0.717) is 35.4 Å². The van der Waals surface area contributed by atoms with Gasteiger partial charge in [-0.15, -0.1) is 0 Å². The second kappa shape index (κ2) is 6.55. The average Bonchev–Trinajstić information content (AvgIpc) is 2.87. The number of benzene rings is 1. The number of nitrogens with one attached hydrogen (secondary N) is 2. The SMILES string of the molecule is CC(=O)Nc1nc2c(s1)CN(C(=O)Nc1cccc(Cl)c1)CC2. The number of aromatic nitrogens is 1. The molecule has 8 heteroatoms. The molecule has 120 valence electrons. The van der Waals surface area contributed by atoms with Crippen molar-refractivity contribution < 1.29 is 9.59 Å². The number of halogens is 1. The summed E-state index contributed by atoms with van der Waals surface area (Å²) in [7, 11) is 0. The smallest absolute Gasteiger partial charge is 0.319 e. The van der Waals surface area contributed by atoms with E-state index < -0.39 is 0 Å². The average molecular weight is 351 g/mol. The molecule has 6 nitrogen and oxygen atoms in total. The Kier molecular flexibility index (Phi) is 4.49. The number of fused-ring (bicyclic) bond motifs is 1. The van der Waals surface area contributed by atoms with Gasteiger partial charge in [0.1, 0.15) is 0 Å². The minimum absolute atomic E-state index is 0.147. The normalized spacial score (nSPS) is 13.4. The molecule has 1 aliphatic rings. The molecule has 3 amide bonds. The molecular weight excluding hydrogens is 336 g/mol. The van der Waals surface area contributed by atoms with E-state index in [1.807, 2.05) is 0 Å². The maximum absolute atomic E-state index is 12.4. The summed E-state index contributed by atoms with van der Waals surface area (Å²) in [5.74, 6) is -0.147. The molecule has 2 aromatic rings. The Balaban J connectivity index is 1.67. The van der Waals surface area contributed by atoms with Gasteiger partial charge in [0.2, 0.25) is 5.91 Å². The first-order chi connectivity index (χ1) is 11.0. The molecule has 0 saturated heterocycles. The number of anilines is 2. The third kappa shape index (κ3) is 3.80. The minimum Gasteiger partial charge on any atom is -0.319 e. The molecule has 23 heavy (non-hydrogen) atoms. The molecule has 0 unspecified atom stereocenters. The van der Waals surface area contributed by atoms with Crippen LogP contribution >= 0.6 is 22.9 Å². The van der Waals surface area contributed by atoms with Gasteiger partial charge in [0.05, 0.1) is 12.2 Å². The number of thiazole rings is 1. The first-order valence-electron chi connectivity index (χ1n) is 7.09. The molecule has 0 spiro atoms. The van der Waals surface area contributed by atoms with Crippen LogP contribution in [0.5, 0.6) is 0 Å². The summed E-state index contributed by atoms with van der Waals surface area (Å²) in [4.78, 5) is 30.6. The van der Waals surface area contributed by atoms with E-state index in [0.717, 1.165) is 10.6 Å². The summed E-state index contributed by atoms with van der Waals surface area (Å²) < 4.78 is 0. The molecule has 1 aromatic carbocycles. The highest BCUT2D eigenvalue weighted by molar-refractivity contribution is 7.15. The second-order valence-corrected chi connectivity index (χ2v) is 6.70. The third-order valence-electron chi connectivity index (χ3n) is 3.38. The number of hydrogen-bond acceptors (Lipinski definition) is 4. The standard InChI is InChI=1S/C15H15ClN4O2S/c1-9(21)17-14-19-12-5-6-20(8-13(12)23-14)15(22)18-11-4-2-3-10(16)7-11/h2-4,7H,5-6,8H2,1H3,(H,18,22)(H,17,19,21). The molecule has 1 aromatic heterocycles. The minimum atomic E-state index is -0.174. The number of hydrogen-bond donors (Lipinski definition) is 2. The van der Waals surface area contributed by atoms with Gasteiger partial charge in [-0.1, -0.05) is 29.0 Å². The summed E-state index contributed by atoms with van der Waals surface area (Å²) in [5, 5.41) is 6.68. The van der Waals surface area contributed by atoms with Gasteiger partial charge in [-0.3, -0.25) is 4.79 Å². The summed E-state index contributed by atoms with van der Waals surface area (Å²) in [6.07, 6.45) is 0.675. The van der Waals surface area contributed by atoms with E-state index in [-0.39, 0.29) is 11.9 Å². The molecule has 2 heterocycles. The van der Waals surface area contributed by atoms with Crippen molar-refractivity contribution in [2.24, 2.45) is 0 Å². The van der Waals surface area contributed by atoms with Gasteiger partial charge < -0.3 is 15.5 Å². The number of amides is 3. The molecule has 3 rings (SSSR count). The van der Waals surface area contributed by atoms with Crippen molar-refractivity contribution in [1.29, 1.82) is 0 Å². The van der Waals surface area contributed by atoms with Crippen LogP contribution in [0.4, 0.5) is 15.6 Å². The molecule has 0 bridgehead atoms. The fraction of sp³-hybridized carbons (Fsp3) is 0.267. The Morgan fingerprint density at radius 3 is 2.91 bits per heavy atom. The van der Waals surface area contributed by atoms with Crippen LogP contribution in [0.15, 0.2) is 24.3 Å². The molecule has 1 aliphatic heterocycles. The fourth-order valence-corrected chi connectivity index (χ4v) is 3.60. The van der Waals surface area contributed by atoms with E-state index in [9.17, 15) is 9.59 Å². The van der Waals surface area contributed by atoms with Crippen molar-refractivity contribution in [3.05, 3.63) is 39.9 Å². The molecule has 0 fully saturated rings. The predicted molar refractivity (Wildman–Crippen MR) is 91.0 cm³/mol.